The second kappa shape index (κ2) is 3.29. The zero-order valence-corrected chi connectivity index (χ0v) is 7.64. The molecule has 14 heavy (non-hydrogen) atoms. The summed E-state index contributed by atoms with van der Waals surface area (Å²) in [6.07, 6.45) is 6.13. The number of carbonyl (C=O) groups is 2. The molecule has 2 amide bonds. The SMILES string of the molecule is O=C1CCC(=O)N1C1CC=CC=C1O. The largest absolute Gasteiger partial charge is 0.510 e. The molecule has 0 spiro atoms. The van der Waals surface area contributed by atoms with Crippen LogP contribution >= 0.6 is 0 Å². The molecule has 0 aromatic rings. The summed E-state index contributed by atoms with van der Waals surface area (Å²) in [5.74, 6) is -0.276. The van der Waals surface area contributed by atoms with Crippen LogP contribution < -0.4 is 0 Å². The maximum absolute atomic E-state index is 11.4. The van der Waals surface area contributed by atoms with Crippen molar-refractivity contribution < 1.29 is 14.7 Å². The van der Waals surface area contributed by atoms with Gasteiger partial charge in [0.05, 0.1) is 6.04 Å². The van der Waals surface area contributed by atoms with E-state index in [-0.39, 0.29) is 30.4 Å². The molecule has 0 saturated carbocycles. The summed E-state index contributed by atoms with van der Waals surface area (Å²) in [4.78, 5) is 23.9. The Labute approximate surface area is 81.5 Å². The topological polar surface area (TPSA) is 57.6 Å². The number of imide groups is 1. The molecule has 1 heterocycles. The Morgan fingerprint density at radius 2 is 1.93 bits per heavy atom. The summed E-state index contributed by atoms with van der Waals surface area (Å²) in [6.45, 7) is 0. The monoisotopic (exact) mass is 193 g/mol. The normalized spacial score (nSPS) is 27.0. The van der Waals surface area contributed by atoms with E-state index in [2.05, 4.69) is 0 Å². The molecule has 0 aromatic heterocycles. The minimum Gasteiger partial charge on any atom is -0.510 e. The molecule has 1 unspecified atom stereocenters. The Bertz CT molecular complexity index is 327. The second-order valence-electron chi connectivity index (χ2n) is 3.43. The van der Waals surface area contributed by atoms with Crippen LogP contribution in [-0.4, -0.2) is 27.9 Å². The molecule has 4 nitrogen and oxygen atoms in total. The van der Waals surface area contributed by atoms with Crippen LogP contribution in [0.25, 0.3) is 0 Å². The van der Waals surface area contributed by atoms with Gasteiger partial charge in [0.1, 0.15) is 5.76 Å². The number of hydrogen-bond acceptors (Lipinski definition) is 3. The number of nitrogens with zero attached hydrogens (tertiary/aromatic N) is 1. The van der Waals surface area contributed by atoms with E-state index in [1.54, 1.807) is 6.08 Å². The maximum Gasteiger partial charge on any atom is 0.230 e. The van der Waals surface area contributed by atoms with E-state index >= 15 is 0 Å². The Morgan fingerprint density at radius 3 is 2.50 bits per heavy atom. The first-order chi connectivity index (χ1) is 6.70. The van der Waals surface area contributed by atoms with Crippen molar-refractivity contribution in [2.45, 2.75) is 25.3 Å². The third-order valence-electron chi connectivity index (χ3n) is 2.51. The van der Waals surface area contributed by atoms with Crippen LogP contribution in [0.15, 0.2) is 24.0 Å². The molecule has 1 aliphatic heterocycles. The number of rotatable bonds is 1. The molecule has 1 saturated heterocycles. The van der Waals surface area contributed by atoms with Gasteiger partial charge in [0.15, 0.2) is 0 Å². The molecule has 1 N–H and O–H groups in total. The predicted octanol–water partition coefficient (Wildman–Crippen LogP) is 0.906. The molecule has 4 heteroatoms. The fourth-order valence-corrected chi connectivity index (χ4v) is 1.79. The second-order valence-corrected chi connectivity index (χ2v) is 3.43. The summed E-state index contributed by atoms with van der Waals surface area (Å²) in [7, 11) is 0. The highest BCUT2D eigenvalue weighted by atomic mass is 16.3. The van der Waals surface area contributed by atoms with Crippen molar-refractivity contribution in [3.63, 3.8) is 0 Å². The van der Waals surface area contributed by atoms with Crippen molar-refractivity contribution in [1.29, 1.82) is 0 Å². The van der Waals surface area contributed by atoms with E-state index in [0.717, 1.165) is 0 Å². The van der Waals surface area contributed by atoms with E-state index in [0.29, 0.717) is 6.42 Å². The smallest absolute Gasteiger partial charge is 0.230 e. The first-order valence-corrected chi connectivity index (χ1v) is 4.60. The molecule has 0 aromatic carbocycles. The fourth-order valence-electron chi connectivity index (χ4n) is 1.79. The molecule has 0 bridgehead atoms. The van der Waals surface area contributed by atoms with Crippen LogP contribution in [-0.2, 0) is 9.59 Å². The number of allylic oxidation sites excluding steroid dienone is 2. The highest BCUT2D eigenvalue weighted by Gasteiger charge is 2.36. The van der Waals surface area contributed by atoms with Crippen molar-refractivity contribution in [2.75, 3.05) is 0 Å². The summed E-state index contributed by atoms with van der Waals surface area (Å²) in [5.41, 5.74) is 0. The number of amides is 2. The number of carbonyl (C=O) groups excluding carboxylic acids is 2. The molecule has 2 rings (SSSR count). The molecule has 1 atom stereocenters. The van der Waals surface area contributed by atoms with Crippen molar-refractivity contribution in [1.82, 2.24) is 4.90 Å². The zero-order valence-electron chi connectivity index (χ0n) is 7.64. The van der Waals surface area contributed by atoms with Crippen molar-refractivity contribution in [3.05, 3.63) is 24.0 Å². The standard InChI is InChI=1S/C10H11NO3/c12-8-4-2-1-3-7(8)11-9(13)5-6-10(11)14/h1-2,4,7,12H,3,5-6H2. The van der Waals surface area contributed by atoms with Crippen LogP contribution in [0.4, 0.5) is 0 Å². The highest BCUT2D eigenvalue weighted by Crippen LogP contribution is 2.23. The summed E-state index contributed by atoms with van der Waals surface area (Å²) in [6, 6.07) is -0.470. The lowest BCUT2D eigenvalue weighted by Gasteiger charge is -2.25. The van der Waals surface area contributed by atoms with E-state index < -0.39 is 6.04 Å². The minimum atomic E-state index is -0.470. The Kier molecular flexibility index (Phi) is 2.11. The van der Waals surface area contributed by atoms with Crippen LogP contribution in [0.3, 0.4) is 0 Å². The summed E-state index contributed by atoms with van der Waals surface area (Å²) >= 11 is 0. The van der Waals surface area contributed by atoms with Gasteiger partial charge in [0.25, 0.3) is 0 Å². The van der Waals surface area contributed by atoms with Gasteiger partial charge in [0, 0.05) is 12.8 Å². The van der Waals surface area contributed by atoms with Gasteiger partial charge in [-0.15, -0.1) is 0 Å². The van der Waals surface area contributed by atoms with Crippen molar-refractivity contribution in [2.24, 2.45) is 0 Å². The van der Waals surface area contributed by atoms with Crippen LogP contribution in [0, 0.1) is 0 Å². The first kappa shape index (κ1) is 8.99. The third kappa shape index (κ3) is 1.32. The fraction of sp³-hybridized carbons (Fsp3) is 0.400. The molecule has 2 aliphatic rings. The Hall–Kier alpha value is -1.58. The van der Waals surface area contributed by atoms with E-state index in [1.807, 2.05) is 6.08 Å². The van der Waals surface area contributed by atoms with Gasteiger partial charge < -0.3 is 5.11 Å². The number of likely N-dealkylation sites (tertiary alicyclic amines) is 1. The molecule has 0 radical (unpaired) electrons. The number of hydrogen-bond donors (Lipinski definition) is 1. The quantitative estimate of drug-likeness (QED) is 0.629. The summed E-state index contributed by atoms with van der Waals surface area (Å²) < 4.78 is 0. The van der Waals surface area contributed by atoms with Crippen LogP contribution in [0.5, 0.6) is 0 Å². The van der Waals surface area contributed by atoms with Crippen molar-refractivity contribution >= 4 is 11.8 Å². The maximum atomic E-state index is 11.4. The number of aliphatic hydroxyl groups excluding tert-OH is 1. The van der Waals surface area contributed by atoms with Gasteiger partial charge in [-0.05, 0) is 12.5 Å². The summed E-state index contributed by atoms with van der Waals surface area (Å²) in [5, 5.41) is 9.53. The van der Waals surface area contributed by atoms with E-state index in [1.165, 1.54) is 11.0 Å². The lowest BCUT2D eigenvalue weighted by molar-refractivity contribution is -0.140. The third-order valence-corrected chi connectivity index (χ3v) is 2.51. The van der Waals surface area contributed by atoms with E-state index in [9.17, 15) is 14.7 Å². The molecular weight excluding hydrogens is 182 g/mol. The van der Waals surface area contributed by atoms with Crippen molar-refractivity contribution in [3.8, 4) is 0 Å². The van der Waals surface area contributed by atoms with Gasteiger partial charge >= 0.3 is 0 Å². The molecule has 1 aliphatic carbocycles. The molecule has 1 fully saturated rings. The lowest BCUT2D eigenvalue weighted by atomic mass is 10.1. The van der Waals surface area contributed by atoms with E-state index in [4.69, 9.17) is 0 Å². The van der Waals surface area contributed by atoms with Crippen LogP contribution in [0.1, 0.15) is 19.3 Å². The number of aliphatic hydroxyl groups is 1. The van der Waals surface area contributed by atoms with Crippen LogP contribution in [0.2, 0.25) is 0 Å². The Balaban J connectivity index is 2.22. The van der Waals surface area contributed by atoms with Gasteiger partial charge in [-0.25, -0.2) is 0 Å². The average Bonchev–Trinajstić information content (AvgIpc) is 2.48. The average molecular weight is 193 g/mol. The van der Waals surface area contributed by atoms with Gasteiger partial charge in [-0.2, -0.15) is 0 Å². The van der Waals surface area contributed by atoms with Gasteiger partial charge in [0.2, 0.25) is 11.8 Å². The highest BCUT2D eigenvalue weighted by molar-refractivity contribution is 6.02. The molecular formula is C10H11NO3. The first-order valence-electron chi connectivity index (χ1n) is 4.60. The predicted molar refractivity (Wildman–Crippen MR) is 49.3 cm³/mol. The minimum absolute atomic E-state index is 0.0936. The molecule has 74 valence electrons. The lowest BCUT2D eigenvalue weighted by Crippen LogP contribution is -2.40. The van der Waals surface area contributed by atoms with Gasteiger partial charge in [-0.1, -0.05) is 12.2 Å². The van der Waals surface area contributed by atoms with Gasteiger partial charge in [-0.3, -0.25) is 14.5 Å². The Morgan fingerprint density at radius 1 is 1.29 bits per heavy atom. The zero-order chi connectivity index (χ0) is 10.1.